The normalized spacial score (nSPS) is 10.6. The minimum atomic E-state index is -0.428. The van der Waals surface area contributed by atoms with Crippen molar-refractivity contribution in [1.82, 2.24) is 9.88 Å². The van der Waals surface area contributed by atoms with Gasteiger partial charge in [0.2, 0.25) is 0 Å². The molecule has 0 saturated carbocycles. The molecule has 1 heterocycles. The van der Waals surface area contributed by atoms with Gasteiger partial charge in [0, 0.05) is 18.8 Å². The van der Waals surface area contributed by atoms with Gasteiger partial charge in [0.05, 0.1) is 12.2 Å². The standard InChI is InChI=1S/C19H23FN2O3/c1-5-22-13(4)16(12(3)17(22)19(24)25-6-2)18(23)21-11-14-7-9-15(20)10-8-14/h7-10H,5-6,11H2,1-4H3,(H,21,23). The summed E-state index contributed by atoms with van der Waals surface area (Å²) >= 11 is 0. The largest absolute Gasteiger partial charge is 0.461 e. The molecule has 0 radical (unpaired) electrons. The second kappa shape index (κ2) is 7.96. The topological polar surface area (TPSA) is 60.3 Å². The van der Waals surface area contributed by atoms with Gasteiger partial charge in [0.1, 0.15) is 11.5 Å². The number of hydrogen-bond acceptors (Lipinski definition) is 3. The van der Waals surface area contributed by atoms with Gasteiger partial charge in [0.25, 0.3) is 5.91 Å². The Balaban J connectivity index is 2.27. The summed E-state index contributed by atoms with van der Waals surface area (Å²) in [4.78, 5) is 24.9. The van der Waals surface area contributed by atoms with E-state index in [1.54, 1.807) is 30.5 Å². The van der Waals surface area contributed by atoms with Gasteiger partial charge >= 0.3 is 5.97 Å². The molecule has 5 nitrogen and oxygen atoms in total. The fraction of sp³-hybridized carbons (Fsp3) is 0.368. The van der Waals surface area contributed by atoms with Crippen LogP contribution in [0.4, 0.5) is 4.39 Å². The average molecular weight is 346 g/mol. The fourth-order valence-corrected chi connectivity index (χ4v) is 2.96. The number of halogens is 1. The molecule has 0 bridgehead atoms. The van der Waals surface area contributed by atoms with Crippen molar-refractivity contribution in [2.45, 2.75) is 40.8 Å². The molecular weight excluding hydrogens is 323 g/mol. The Morgan fingerprint density at radius 1 is 1.16 bits per heavy atom. The van der Waals surface area contributed by atoms with Gasteiger partial charge in [-0.25, -0.2) is 9.18 Å². The summed E-state index contributed by atoms with van der Waals surface area (Å²) in [5.74, 6) is -1.01. The van der Waals surface area contributed by atoms with Crippen LogP contribution >= 0.6 is 0 Å². The highest BCUT2D eigenvalue weighted by atomic mass is 19.1. The molecule has 0 fully saturated rings. The van der Waals surface area contributed by atoms with Crippen LogP contribution in [0, 0.1) is 19.7 Å². The third kappa shape index (κ3) is 3.90. The summed E-state index contributed by atoms with van der Waals surface area (Å²) < 4.78 is 19.9. The molecule has 0 aliphatic heterocycles. The molecule has 2 rings (SSSR count). The molecule has 6 heteroatoms. The lowest BCUT2D eigenvalue weighted by molar-refractivity contribution is 0.0512. The quantitative estimate of drug-likeness (QED) is 0.816. The second-order valence-corrected chi connectivity index (χ2v) is 5.71. The molecule has 2 aromatic rings. The number of carbonyl (C=O) groups excluding carboxylic acids is 2. The van der Waals surface area contributed by atoms with E-state index in [1.165, 1.54) is 12.1 Å². The lowest BCUT2D eigenvalue weighted by Crippen LogP contribution is -2.24. The van der Waals surface area contributed by atoms with Crippen LogP contribution in [0.25, 0.3) is 0 Å². The van der Waals surface area contributed by atoms with Gasteiger partial charge in [-0.05, 0) is 51.0 Å². The number of ether oxygens (including phenoxy) is 1. The van der Waals surface area contributed by atoms with Crippen molar-refractivity contribution in [2.75, 3.05) is 6.61 Å². The van der Waals surface area contributed by atoms with Gasteiger partial charge in [-0.15, -0.1) is 0 Å². The van der Waals surface area contributed by atoms with Crippen LogP contribution in [0.2, 0.25) is 0 Å². The minimum absolute atomic E-state index is 0.267. The minimum Gasteiger partial charge on any atom is -0.461 e. The van der Waals surface area contributed by atoms with Crippen LogP contribution < -0.4 is 5.32 Å². The molecule has 25 heavy (non-hydrogen) atoms. The first-order chi connectivity index (χ1) is 11.9. The maximum absolute atomic E-state index is 12.9. The Morgan fingerprint density at radius 2 is 1.80 bits per heavy atom. The highest BCUT2D eigenvalue weighted by Gasteiger charge is 2.26. The Morgan fingerprint density at radius 3 is 2.36 bits per heavy atom. The molecule has 1 aromatic carbocycles. The lowest BCUT2D eigenvalue weighted by Gasteiger charge is -2.08. The van der Waals surface area contributed by atoms with Crippen molar-refractivity contribution in [3.05, 3.63) is 58.2 Å². The Bertz CT molecular complexity index is 779. The maximum atomic E-state index is 12.9. The van der Waals surface area contributed by atoms with E-state index in [0.29, 0.717) is 23.4 Å². The summed E-state index contributed by atoms with van der Waals surface area (Å²) in [6.07, 6.45) is 0. The number of rotatable bonds is 6. The third-order valence-electron chi connectivity index (χ3n) is 4.15. The number of amides is 1. The summed E-state index contributed by atoms with van der Waals surface area (Å²) in [5, 5.41) is 2.83. The Labute approximate surface area is 146 Å². The zero-order valence-electron chi connectivity index (χ0n) is 15.0. The van der Waals surface area contributed by atoms with Gasteiger partial charge in [-0.1, -0.05) is 12.1 Å². The number of esters is 1. The SMILES string of the molecule is CCOC(=O)c1c(C)c(C(=O)NCc2ccc(F)cc2)c(C)n1CC. The van der Waals surface area contributed by atoms with E-state index in [0.717, 1.165) is 11.3 Å². The van der Waals surface area contributed by atoms with E-state index < -0.39 is 5.97 Å². The first kappa shape index (κ1) is 18.7. The summed E-state index contributed by atoms with van der Waals surface area (Å²) in [6.45, 7) is 8.34. The molecule has 0 saturated heterocycles. The van der Waals surface area contributed by atoms with Crippen molar-refractivity contribution < 1.29 is 18.7 Å². The molecule has 1 amide bonds. The Kier molecular flexibility index (Phi) is 5.96. The molecule has 1 N–H and O–H groups in total. The number of nitrogens with zero attached hydrogens (tertiary/aromatic N) is 1. The smallest absolute Gasteiger partial charge is 0.355 e. The van der Waals surface area contributed by atoms with Crippen LogP contribution in [0.3, 0.4) is 0 Å². The van der Waals surface area contributed by atoms with Crippen molar-refractivity contribution in [2.24, 2.45) is 0 Å². The van der Waals surface area contributed by atoms with Crippen LogP contribution in [0.15, 0.2) is 24.3 Å². The zero-order valence-corrected chi connectivity index (χ0v) is 15.0. The van der Waals surface area contributed by atoms with Crippen LogP contribution in [0.5, 0.6) is 0 Å². The molecule has 1 aromatic heterocycles. The van der Waals surface area contributed by atoms with Crippen LogP contribution in [0.1, 0.15) is 51.5 Å². The van der Waals surface area contributed by atoms with Crippen molar-refractivity contribution >= 4 is 11.9 Å². The van der Waals surface area contributed by atoms with E-state index >= 15 is 0 Å². The first-order valence-corrected chi connectivity index (χ1v) is 8.30. The molecular formula is C19H23FN2O3. The van der Waals surface area contributed by atoms with Gasteiger partial charge in [0.15, 0.2) is 0 Å². The molecule has 0 aliphatic rings. The van der Waals surface area contributed by atoms with Crippen molar-refractivity contribution in [3.8, 4) is 0 Å². The van der Waals surface area contributed by atoms with E-state index in [-0.39, 0.29) is 24.9 Å². The number of aromatic nitrogens is 1. The van der Waals surface area contributed by atoms with Gasteiger partial charge in [-0.3, -0.25) is 4.79 Å². The molecule has 0 atom stereocenters. The number of benzene rings is 1. The third-order valence-corrected chi connectivity index (χ3v) is 4.15. The van der Waals surface area contributed by atoms with E-state index in [1.807, 2.05) is 13.8 Å². The van der Waals surface area contributed by atoms with Crippen LogP contribution in [-0.4, -0.2) is 23.1 Å². The molecule has 0 spiro atoms. The molecule has 134 valence electrons. The summed E-state index contributed by atoms with van der Waals surface area (Å²) in [6, 6.07) is 5.95. The predicted octanol–water partition coefficient (Wildman–Crippen LogP) is 3.37. The van der Waals surface area contributed by atoms with Crippen molar-refractivity contribution in [1.29, 1.82) is 0 Å². The number of carbonyl (C=O) groups is 2. The molecule has 0 aliphatic carbocycles. The summed E-state index contributed by atoms with van der Waals surface area (Å²) in [5.41, 5.74) is 3.01. The fourth-order valence-electron chi connectivity index (χ4n) is 2.96. The van der Waals surface area contributed by atoms with Crippen molar-refractivity contribution in [3.63, 3.8) is 0 Å². The van der Waals surface area contributed by atoms with Gasteiger partial charge < -0.3 is 14.6 Å². The van der Waals surface area contributed by atoms with E-state index in [2.05, 4.69) is 5.32 Å². The summed E-state index contributed by atoms with van der Waals surface area (Å²) in [7, 11) is 0. The van der Waals surface area contributed by atoms with Gasteiger partial charge in [-0.2, -0.15) is 0 Å². The highest BCUT2D eigenvalue weighted by molar-refractivity contribution is 6.01. The predicted molar refractivity (Wildman–Crippen MR) is 93.1 cm³/mol. The Hall–Kier alpha value is -2.63. The van der Waals surface area contributed by atoms with E-state index in [9.17, 15) is 14.0 Å². The number of nitrogens with one attached hydrogen (secondary N) is 1. The average Bonchev–Trinajstić information content (AvgIpc) is 2.84. The lowest BCUT2D eigenvalue weighted by atomic mass is 10.1. The maximum Gasteiger partial charge on any atom is 0.355 e. The van der Waals surface area contributed by atoms with Crippen LogP contribution in [-0.2, 0) is 17.8 Å². The first-order valence-electron chi connectivity index (χ1n) is 8.30. The zero-order chi connectivity index (χ0) is 18.6. The van der Waals surface area contributed by atoms with E-state index in [4.69, 9.17) is 4.74 Å². The monoisotopic (exact) mass is 346 g/mol. The highest BCUT2D eigenvalue weighted by Crippen LogP contribution is 2.23. The second-order valence-electron chi connectivity index (χ2n) is 5.71. The molecule has 0 unspecified atom stereocenters. The number of hydrogen-bond donors (Lipinski definition) is 1.